The number of benzene rings is 2. The Hall–Kier alpha value is -2.20. The van der Waals surface area contributed by atoms with Crippen LogP contribution >= 0.6 is 0 Å². The largest absolute Gasteiger partial charge is 0.494 e. The summed E-state index contributed by atoms with van der Waals surface area (Å²) in [5.41, 5.74) is 2.21. The van der Waals surface area contributed by atoms with Crippen molar-refractivity contribution in [1.82, 2.24) is 0 Å². The van der Waals surface area contributed by atoms with E-state index in [1.54, 1.807) is 7.11 Å². The highest BCUT2D eigenvalue weighted by atomic mass is 16.5. The van der Waals surface area contributed by atoms with Crippen molar-refractivity contribution in [3.63, 3.8) is 0 Å². The van der Waals surface area contributed by atoms with Gasteiger partial charge in [0.2, 0.25) is 0 Å². The first kappa shape index (κ1) is 17.2. The van der Waals surface area contributed by atoms with Crippen molar-refractivity contribution in [2.24, 2.45) is 0 Å². The van der Waals surface area contributed by atoms with Crippen molar-refractivity contribution < 1.29 is 14.2 Å². The molecule has 0 aliphatic carbocycles. The van der Waals surface area contributed by atoms with Crippen LogP contribution in [0.2, 0.25) is 0 Å². The number of ether oxygens (including phenoxy) is 3. The topological polar surface area (TPSA) is 39.7 Å². The highest BCUT2D eigenvalue weighted by molar-refractivity contribution is 5.48. The Labute approximate surface area is 138 Å². The van der Waals surface area contributed by atoms with E-state index in [2.05, 4.69) is 24.4 Å². The quantitative estimate of drug-likeness (QED) is 0.670. The lowest BCUT2D eigenvalue weighted by molar-refractivity contribution is 0.146. The number of anilines is 1. The second-order valence-electron chi connectivity index (χ2n) is 5.22. The number of hydrogen-bond donors (Lipinski definition) is 1. The van der Waals surface area contributed by atoms with Crippen molar-refractivity contribution in [3.8, 4) is 11.5 Å². The lowest BCUT2D eigenvalue weighted by Crippen LogP contribution is -2.05. The molecule has 0 atom stereocenters. The third-order valence-electron chi connectivity index (χ3n) is 3.26. The van der Waals surface area contributed by atoms with Crippen LogP contribution in [0.1, 0.15) is 18.9 Å². The normalized spacial score (nSPS) is 10.3. The Morgan fingerprint density at radius 1 is 0.870 bits per heavy atom. The lowest BCUT2D eigenvalue weighted by Gasteiger charge is -2.11. The van der Waals surface area contributed by atoms with Gasteiger partial charge < -0.3 is 19.5 Å². The van der Waals surface area contributed by atoms with E-state index in [4.69, 9.17) is 14.2 Å². The van der Waals surface area contributed by atoms with Crippen molar-refractivity contribution in [2.75, 3.05) is 32.2 Å². The van der Waals surface area contributed by atoms with Gasteiger partial charge in [0, 0.05) is 25.4 Å². The molecule has 2 aromatic carbocycles. The van der Waals surface area contributed by atoms with E-state index in [1.165, 1.54) is 5.56 Å². The van der Waals surface area contributed by atoms with Gasteiger partial charge >= 0.3 is 0 Å². The molecule has 4 heteroatoms. The summed E-state index contributed by atoms with van der Waals surface area (Å²) in [7, 11) is 1.67. The van der Waals surface area contributed by atoms with Crippen LogP contribution in [0.4, 0.5) is 5.69 Å². The monoisotopic (exact) mass is 315 g/mol. The number of nitrogens with one attached hydrogen (secondary N) is 1. The molecule has 0 aliphatic rings. The van der Waals surface area contributed by atoms with Crippen molar-refractivity contribution >= 4 is 5.69 Å². The number of methoxy groups -OCH3 is 1. The number of hydrogen-bond acceptors (Lipinski definition) is 4. The van der Waals surface area contributed by atoms with Crippen LogP contribution < -0.4 is 14.8 Å². The summed E-state index contributed by atoms with van der Waals surface area (Å²) in [6.07, 6.45) is 1.01. The van der Waals surface area contributed by atoms with Crippen LogP contribution in [0.15, 0.2) is 48.5 Å². The molecule has 1 N–H and O–H groups in total. The molecule has 0 unspecified atom stereocenters. The molecule has 0 radical (unpaired) electrons. The summed E-state index contributed by atoms with van der Waals surface area (Å²) >= 11 is 0. The fraction of sp³-hybridized carbons (Fsp3) is 0.368. The Morgan fingerprint density at radius 3 is 2.39 bits per heavy atom. The van der Waals surface area contributed by atoms with Crippen LogP contribution in [0, 0.1) is 0 Å². The van der Waals surface area contributed by atoms with E-state index in [-0.39, 0.29) is 0 Å². The van der Waals surface area contributed by atoms with Crippen LogP contribution in [0.3, 0.4) is 0 Å². The average molecular weight is 315 g/mol. The molecule has 2 aromatic rings. The van der Waals surface area contributed by atoms with E-state index in [1.807, 2.05) is 36.4 Å². The second kappa shape index (κ2) is 9.74. The molecule has 0 bridgehead atoms. The average Bonchev–Trinajstić information content (AvgIpc) is 2.59. The molecule has 0 spiro atoms. The van der Waals surface area contributed by atoms with Crippen LogP contribution in [0.5, 0.6) is 11.5 Å². The predicted octanol–water partition coefficient (Wildman–Crippen LogP) is 4.11. The minimum atomic E-state index is 0.552. The van der Waals surface area contributed by atoms with E-state index in [0.717, 1.165) is 36.8 Å². The van der Waals surface area contributed by atoms with Gasteiger partial charge in [-0.15, -0.1) is 0 Å². The molecule has 0 aliphatic heterocycles. The van der Waals surface area contributed by atoms with Crippen molar-refractivity contribution in [1.29, 1.82) is 0 Å². The molecule has 0 aromatic heterocycles. The fourth-order valence-electron chi connectivity index (χ4n) is 2.11. The molecule has 0 saturated heterocycles. The van der Waals surface area contributed by atoms with E-state index < -0.39 is 0 Å². The van der Waals surface area contributed by atoms with Crippen molar-refractivity contribution in [3.05, 3.63) is 54.1 Å². The van der Waals surface area contributed by atoms with Gasteiger partial charge in [-0.25, -0.2) is 0 Å². The van der Waals surface area contributed by atoms with E-state index >= 15 is 0 Å². The Morgan fingerprint density at radius 2 is 1.61 bits per heavy atom. The van der Waals surface area contributed by atoms with Gasteiger partial charge in [0.25, 0.3) is 0 Å². The first-order valence-electron chi connectivity index (χ1n) is 7.99. The van der Waals surface area contributed by atoms with Crippen LogP contribution in [-0.4, -0.2) is 26.9 Å². The van der Waals surface area contributed by atoms with E-state index in [0.29, 0.717) is 13.2 Å². The van der Waals surface area contributed by atoms with Gasteiger partial charge in [0.15, 0.2) is 0 Å². The molecule has 2 rings (SSSR count). The summed E-state index contributed by atoms with van der Waals surface area (Å²) in [4.78, 5) is 0. The minimum absolute atomic E-state index is 0.552. The zero-order valence-corrected chi connectivity index (χ0v) is 13.9. The minimum Gasteiger partial charge on any atom is -0.494 e. The highest BCUT2D eigenvalue weighted by Crippen LogP contribution is 2.19. The molecule has 4 nitrogen and oxygen atoms in total. The Bertz CT molecular complexity index is 586. The summed E-state index contributed by atoms with van der Waals surface area (Å²) in [6.45, 7) is 4.73. The molecule has 0 amide bonds. The zero-order chi connectivity index (χ0) is 16.3. The first-order chi connectivity index (χ1) is 11.3. The summed E-state index contributed by atoms with van der Waals surface area (Å²) in [6, 6.07) is 16.1. The molecule has 0 saturated carbocycles. The predicted molar refractivity (Wildman–Crippen MR) is 93.4 cm³/mol. The fourth-order valence-corrected chi connectivity index (χ4v) is 2.11. The maximum absolute atomic E-state index is 5.66. The van der Waals surface area contributed by atoms with Crippen LogP contribution in [-0.2, 0) is 11.3 Å². The molecule has 23 heavy (non-hydrogen) atoms. The van der Waals surface area contributed by atoms with Gasteiger partial charge in [-0.3, -0.25) is 0 Å². The molecule has 0 fully saturated rings. The standard InChI is InChI=1S/C19H25NO3/c1-3-10-22-18-8-4-6-16(13-18)15-20-17-7-5-9-19(14-17)23-12-11-21-2/h4-9,13-14,20H,3,10-12,15H2,1-2H3. The highest BCUT2D eigenvalue weighted by Gasteiger charge is 2.00. The SMILES string of the molecule is CCCOc1cccc(CNc2cccc(OCCOC)c2)c1. The zero-order valence-electron chi connectivity index (χ0n) is 13.9. The first-order valence-corrected chi connectivity index (χ1v) is 7.99. The maximum Gasteiger partial charge on any atom is 0.121 e. The van der Waals surface area contributed by atoms with Gasteiger partial charge in [-0.1, -0.05) is 25.1 Å². The summed E-state index contributed by atoms with van der Waals surface area (Å²) in [5, 5.41) is 3.41. The third-order valence-corrected chi connectivity index (χ3v) is 3.26. The molecule has 0 heterocycles. The molecular weight excluding hydrogens is 290 g/mol. The smallest absolute Gasteiger partial charge is 0.121 e. The molecule has 124 valence electrons. The Balaban J connectivity index is 1.89. The van der Waals surface area contributed by atoms with Gasteiger partial charge in [-0.2, -0.15) is 0 Å². The van der Waals surface area contributed by atoms with Gasteiger partial charge in [0.1, 0.15) is 18.1 Å². The van der Waals surface area contributed by atoms with Crippen LogP contribution in [0.25, 0.3) is 0 Å². The maximum atomic E-state index is 5.66. The summed E-state index contributed by atoms with van der Waals surface area (Å²) < 4.78 is 16.3. The van der Waals surface area contributed by atoms with Gasteiger partial charge in [0.05, 0.1) is 13.2 Å². The summed E-state index contributed by atoms with van der Waals surface area (Å²) in [5.74, 6) is 1.76. The lowest BCUT2D eigenvalue weighted by atomic mass is 10.2. The second-order valence-corrected chi connectivity index (χ2v) is 5.22. The van der Waals surface area contributed by atoms with E-state index in [9.17, 15) is 0 Å². The third kappa shape index (κ3) is 6.20. The van der Waals surface area contributed by atoms with Crippen molar-refractivity contribution in [2.45, 2.75) is 19.9 Å². The Kier molecular flexibility index (Phi) is 7.27. The molecular formula is C19H25NO3. The number of rotatable bonds is 10. The van der Waals surface area contributed by atoms with Gasteiger partial charge in [-0.05, 0) is 36.2 Å².